The molecule has 1 amide bonds. The molecule has 0 spiro atoms. The van der Waals surface area contributed by atoms with Crippen molar-refractivity contribution in [3.63, 3.8) is 0 Å². The molecule has 3 aromatic rings. The van der Waals surface area contributed by atoms with E-state index in [1.807, 2.05) is 43.3 Å². The first-order valence-corrected chi connectivity index (χ1v) is 13.4. The van der Waals surface area contributed by atoms with Gasteiger partial charge in [0.05, 0.1) is 15.1 Å². The van der Waals surface area contributed by atoms with Gasteiger partial charge >= 0.3 is 0 Å². The number of fused-ring (bicyclic) bond motifs is 1. The van der Waals surface area contributed by atoms with Gasteiger partial charge in [-0.05, 0) is 69.3 Å². The summed E-state index contributed by atoms with van der Waals surface area (Å²) in [5.41, 5.74) is 1.30. The molecule has 0 saturated carbocycles. The zero-order valence-corrected chi connectivity index (χ0v) is 20.9. The van der Waals surface area contributed by atoms with Gasteiger partial charge in [0, 0.05) is 31.7 Å². The zero-order valence-electron chi connectivity index (χ0n) is 19.3. The summed E-state index contributed by atoms with van der Waals surface area (Å²) in [6, 6.07) is 14.1. The third kappa shape index (κ3) is 5.27. The number of likely N-dealkylation sites (N-methyl/N-ethyl adjacent to an activating group) is 1. The van der Waals surface area contributed by atoms with Gasteiger partial charge in [-0.1, -0.05) is 30.4 Å². The van der Waals surface area contributed by atoms with E-state index < -0.39 is 10.0 Å². The molecule has 0 unspecified atom stereocenters. The van der Waals surface area contributed by atoms with Crippen molar-refractivity contribution in [3.8, 4) is 0 Å². The molecule has 1 aliphatic heterocycles. The summed E-state index contributed by atoms with van der Waals surface area (Å²) in [7, 11) is 0.373. The molecule has 2 heterocycles. The largest absolute Gasteiger partial charge is 0.308 e. The van der Waals surface area contributed by atoms with E-state index in [0.717, 1.165) is 23.1 Å². The van der Waals surface area contributed by atoms with Gasteiger partial charge in [0.15, 0.2) is 5.13 Å². The Morgan fingerprint density at radius 3 is 2.36 bits per heavy atom. The normalized spacial score (nSPS) is 15.9. The van der Waals surface area contributed by atoms with E-state index >= 15 is 0 Å². The van der Waals surface area contributed by atoms with E-state index in [4.69, 9.17) is 0 Å². The van der Waals surface area contributed by atoms with Crippen LogP contribution in [0.3, 0.4) is 0 Å². The Morgan fingerprint density at radius 1 is 1.06 bits per heavy atom. The van der Waals surface area contributed by atoms with Crippen LogP contribution in [0.25, 0.3) is 10.2 Å². The molecular formula is C24H30N4O3S2. The molecule has 2 aromatic carbocycles. The van der Waals surface area contributed by atoms with Crippen molar-refractivity contribution >= 4 is 42.6 Å². The Kier molecular flexibility index (Phi) is 7.13. The van der Waals surface area contributed by atoms with E-state index in [1.165, 1.54) is 11.3 Å². The van der Waals surface area contributed by atoms with Crippen LogP contribution in [0.4, 0.5) is 5.13 Å². The van der Waals surface area contributed by atoms with E-state index in [0.29, 0.717) is 42.8 Å². The average molecular weight is 487 g/mol. The van der Waals surface area contributed by atoms with E-state index in [1.54, 1.807) is 33.5 Å². The Labute approximate surface area is 199 Å². The van der Waals surface area contributed by atoms with Gasteiger partial charge in [0.2, 0.25) is 10.0 Å². The molecule has 7 nitrogen and oxygen atoms in total. The number of sulfonamides is 1. The highest BCUT2D eigenvalue weighted by molar-refractivity contribution is 7.89. The monoisotopic (exact) mass is 486 g/mol. The van der Waals surface area contributed by atoms with Gasteiger partial charge in [-0.3, -0.25) is 9.69 Å². The number of nitrogens with zero attached hydrogens (tertiary/aromatic N) is 4. The molecule has 33 heavy (non-hydrogen) atoms. The molecule has 1 saturated heterocycles. The van der Waals surface area contributed by atoms with Gasteiger partial charge in [-0.15, -0.1) is 0 Å². The van der Waals surface area contributed by atoms with E-state index in [2.05, 4.69) is 11.9 Å². The zero-order chi connectivity index (χ0) is 23.6. The Hall–Kier alpha value is -2.33. The molecule has 176 valence electrons. The minimum absolute atomic E-state index is 0.188. The first-order chi connectivity index (χ1) is 15.8. The lowest BCUT2D eigenvalue weighted by Crippen LogP contribution is -2.38. The van der Waals surface area contributed by atoms with Gasteiger partial charge < -0.3 is 4.90 Å². The maximum Gasteiger partial charge on any atom is 0.260 e. The third-order valence-corrected chi connectivity index (χ3v) is 8.98. The molecule has 0 atom stereocenters. The van der Waals surface area contributed by atoms with Gasteiger partial charge in [0.1, 0.15) is 0 Å². The molecule has 0 N–H and O–H groups in total. The quantitative estimate of drug-likeness (QED) is 0.506. The fourth-order valence-electron chi connectivity index (χ4n) is 3.86. The number of hydrogen-bond acceptors (Lipinski definition) is 6. The van der Waals surface area contributed by atoms with Gasteiger partial charge in [-0.25, -0.2) is 13.4 Å². The van der Waals surface area contributed by atoms with Crippen molar-refractivity contribution in [1.82, 2.24) is 14.2 Å². The number of para-hydroxylation sites is 1. The Balaban J connectivity index is 1.58. The molecule has 0 bridgehead atoms. The fraction of sp³-hybridized carbons (Fsp3) is 0.417. The van der Waals surface area contributed by atoms with Crippen molar-refractivity contribution in [2.24, 2.45) is 5.92 Å². The van der Waals surface area contributed by atoms with Crippen LogP contribution in [0.2, 0.25) is 0 Å². The minimum Gasteiger partial charge on any atom is -0.308 e. The maximum atomic E-state index is 13.4. The van der Waals surface area contributed by atoms with Crippen LogP contribution in [0.5, 0.6) is 0 Å². The molecule has 4 rings (SSSR count). The summed E-state index contributed by atoms with van der Waals surface area (Å²) in [6.07, 6.45) is 1.75. The first kappa shape index (κ1) is 23.8. The number of aromatic nitrogens is 1. The third-order valence-electron chi connectivity index (χ3n) is 6.01. The van der Waals surface area contributed by atoms with Crippen LogP contribution >= 0.6 is 11.3 Å². The van der Waals surface area contributed by atoms with Crippen LogP contribution in [0.15, 0.2) is 53.4 Å². The standard InChI is InChI=1S/C24H30N4O3S2/c1-18-12-14-27(15-13-18)33(30,31)20-10-8-19(9-11-20)23(29)28(17-16-26(2)3)24-25-21-6-4-5-7-22(21)32-24/h4-11,18H,12-17H2,1-3H3. The smallest absolute Gasteiger partial charge is 0.260 e. The SMILES string of the molecule is CC1CCN(S(=O)(=O)c2ccc(C(=O)N(CCN(C)C)c3nc4ccccc4s3)cc2)CC1. The number of hydrogen-bond donors (Lipinski definition) is 0. The number of benzene rings is 2. The second kappa shape index (κ2) is 9.89. The molecule has 1 aliphatic rings. The summed E-state index contributed by atoms with van der Waals surface area (Å²) in [4.78, 5) is 22.0. The predicted molar refractivity (Wildman–Crippen MR) is 133 cm³/mol. The lowest BCUT2D eigenvalue weighted by atomic mass is 10.0. The summed E-state index contributed by atoms with van der Waals surface area (Å²) >= 11 is 1.48. The van der Waals surface area contributed by atoms with Crippen molar-refractivity contribution in [2.75, 3.05) is 45.2 Å². The highest BCUT2D eigenvalue weighted by Crippen LogP contribution is 2.30. The maximum absolute atomic E-state index is 13.4. The van der Waals surface area contributed by atoms with Gasteiger partial charge in [0.25, 0.3) is 5.91 Å². The summed E-state index contributed by atoms with van der Waals surface area (Å²) in [5, 5.41) is 0.641. The first-order valence-electron chi connectivity index (χ1n) is 11.2. The fourth-order valence-corrected chi connectivity index (χ4v) is 6.32. The second-order valence-corrected chi connectivity index (χ2v) is 11.8. The molecule has 1 aromatic heterocycles. The van der Waals surface area contributed by atoms with Crippen LogP contribution in [-0.4, -0.2) is 68.8 Å². The second-order valence-electron chi connectivity index (χ2n) is 8.84. The summed E-state index contributed by atoms with van der Waals surface area (Å²) < 4.78 is 28.6. The average Bonchev–Trinajstić information content (AvgIpc) is 3.23. The summed E-state index contributed by atoms with van der Waals surface area (Å²) in [5.74, 6) is 0.360. The number of anilines is 1. The number of carbonyl (C=O) groups is 1. The predicted octanol–water partition coefficient (Wildman–Crippen LogP) is 3.93. The lowest BCUT2D eigenvalue weighted by molar-refractivity contribution is 0.0985. The van der Waals surface area contributed by atoms with Crippen LogP contribution in [0, 0.1) is 5.92 Å². The highest BCUT2D eigenvalue weighted by atomic mass is 32.2. The van der Waals surface area contributed by atoms with Crippen molar-refractivity contribution in [3.05, 3.63) is 54.1 Å². The summed E-state index contributed by atoms with van der Waals surface area (Å²) in [6.45, 7) is 4.40. The minimum atomic E-state index is -3.55. The van der Waals surface area contributed by atoms with Crippen molar-refractivity contribution < 1.29 is 13.2 Å². The number of thiazole rings is 1. The van der Waals surface area contributed by atoms with Crippen molar-refractivity contribution in [2.45, 2.75) is 24.7 Å². The van der Waals surface area contributed by atoms with E-state index in [-0.39, 0.29) is 10.8 Å². The van der Waals surface area contributed by atoms with Gasteiger partial charge in [-0.2, -0.15) is 4.31 Å². The highest BCUT2D eigenvalue weighted by Gasteiger charge is 2.28. The number of piperidine rings is 1. The van der Waals surface area contributed by atoms with Crippen LogP contribution in [0.1, 0.15) is 30.1 Å². The number of amides is 1. The Bertz CT molecular complexity index is 1180. The van der Waals surface area contributed by atoms with Crippen LogP contribution in [-0.2, 0) is 10.0 Å². The number of rotatable bonds is 7. The number of carbonyl (C=O) groups excluding carboxylic acids is 1. The van der Waals surface area contributed by atoms with Crippen molar-refractivity contribution in [1.29, 1.82) is 0 Å². The molecule has 9 heteroatoms. The Morgan fingerprint density at radius 2 is 1.73 bits per heavy atom. The van der Waals surface area contributed by atoms with E-state index in [9.17, 15) is 13.2 Å². The topological polar surface area (TPSA) is 73.8 Å². The molecule has 0 aliphatic carbocycles. The molecule has 0 radical (unpaired) electrons. The molecule has 1 fully saturated rings. The molecular weight excluding hydrogens is 456 g/mol. The lowest BCUT2D eigenvalue weighted by Gasteiger charge is -2.29. The van der Waals surface area contributed by atoms with Crippen LogP contribution < -0.4 is 4.90 Å².